The van der Waals surface area contributed by atoms with Gasteiger partial charge < -0.3 is 82.8 Å². The van der Waals surface area contributed by atoms with E-state index in [0.29, 0.717) is 73.0 Å². The first-order chi connectivity index (χ1) is 41.0. The van der Waals surface area contributed by atoms with Crippen molar-refractivity contribution >= 4 is 105 Å². The number of amides is 12. The number of rotatable bonds is 21. The molecular formula is C55H78N12O17S2. The van der Waals surface area contributed by atoms with Gasteiger partial charge in [-0.15, -0.1) is 0 Å². The van der Waals surface area contributed by atoms with Crippen molar-refractivity contribution in [2.24, 2.45) is 17.6 Å². The summed E-state index contributed by atoms with van der Waals surface area (Å²) in [6, 6.07) is -6.94. The first kappa shape index (κ1) is 67.8. The molecule has 12 amide bonds. The average Bonchev–Trinajstić information content (AvgIpc) is 1.68. The molecule has 31 heteroatoms. The molecule has 2 bridgehead atoms. The van der Waals surface area contributed by atoms with Gasteiger partial charge in [-0.2, -0.15) is 11.8 Å². The number of aliphatic hydroxyl groups excluding tert-OH is 3. The maximum absolute atomic E-state index is 15.3. The Labute approximate surface area is 503 Å². The number of nitrogens with one attached hydrogen (secondary N) is 9. The van der Waals surface area contributed by atoms with Gasteiger partial charge in [0.15, 0.2) is 6.04 Å². The SMILES string of the molecule is CC[C@H](C)[C@@H]1NC(=O)CNC(=O)[C@@H]2Cc3c([nH]c4c(CSCCCCNC(=O)CCCCCN5C(=O)C=CC5=O)c(OC)ccc34)[S+]([O-])C[C@H](NC(=O)CNC1=O)C(=O)N[C@@H](CC(N)=O)C(=O)N1C[C@H](O)C[C@H]1C(=O)N[C@@H]([C@@H](C)[C@@H](O)CO)C(=O)N2. The first-order valence-corrected chi connectivity index (χ1v) is 31.0. The van der Waals surface area contributed by atoms with E-state index < -0.39 is 176 Å². The number of nitrogens with zero attached hydrogens (tertiary/aromatic N) is 2. The molecule has 1 aromatic carbocycles. The number of aliphatic hydroxyl groups is 3. The summed E-state index contributed by atoms with van der Waals surface area (Å²) >= 11 is -0.954. The molecule has 4 aliphatic heterocycles. The number of nitrogens with two attached hydrogens (primary N) is 1. The number of aromatic nitrogens is 1. The van der Waals surface area contributed by atoms with Crippen molar-refractivity contribution in [1.82, 2.24) is 57.3 Å². The number of hydrogen-bond acceptors (Lipinski definition) is 18. The Morgan fingerprint density at radius 3 is 2.22 bits per heavy atom. The summed E-state index contributed by atoms with van der Waals surface area (Å²) in [7, 11) is 1.43. The summed E-state index contributed by atoms with van der Waals surface area (Å²) in [5.41, 5.74) is 6.58. The minimum absolute atomic E-state index is 0.111. The summed E-state index contributed by atoms with van der Waals surface area (Å²) in [6.45, 7) is 2.37. The zero-order chi connectivity index (χ0) is 62.9. The van der Waals surface area contributed by atoms with Crippen molar-refractivity contribution in [3.05, 3.63) is 35.4 Å². The highest BCUT2D eigenvalue weighted by molar-refractivity contribution is 7.98. The van der Waals surface area contributed by atoms with Crippen LogP contribution >= 0.6 is 11.8 Å². The highest BCUT2D eigenvalue weighted by atomic mass is 32.2. The van der Waals surface area contributed by atoms with Crippen LogP contribution in [0.15, 0.2) is 29.3 Å². The van der Waals surface area contributed by atoms with Gasteiger partial charge in [0, 0.05) is 90.4 Å². The Morgan fingerprint density at radius 1 is 0.849 bits per heavy atom. The predicted molar refractivity (Wildman–Crippen MR) is 310 cm³/mol. The fraction of sp³-hybridized carbons (Fsp3) is 0.600. The Bertz CT molecular complexity index is 2890. The molecule has 2 aromatic rings. The van der Waals surface area contributed by atoms with Crippen LogP contribution < -0.4 is 53.0 Å². The molecule has 29 nitrogen and oxygen atoms in total. The number of fused-ring (bicyclic) bond motifs is 5. The number of ether oxygens (including phenoxy) is 1. The van der Waals surface area contributed by atoms with Gasteiger partial charge in [-0.25, -0.2) is 0 Å². The third kappa shape index (κ3) is 17.9. The van der Waals surface area contributed by atoms with E-state index in [0.717, 1.165) is 9.80 Å². The lowest BCUT2D eigenvalue weighted by molar-refractivity contribution is -0.144. The molecule has 6 rings (SSSR count). The molecule has 1 saturated heterocycles. The molecule has 4 aliphatic rings. The lowest BCUT2D eigenvalue weighted by atomic mass is 9.93. The van der Waals surface area contributed by atoms with E-state index in [2.05, 4.69) is 47.5 Å². The molecule has 1 aromatic heterocycles. The number of aromatic amines is 1. The molecule has 86 heavy (non-hydrogen) atoms. The standard InChI is InChI=1S/C55H78N12O17S2/c1-5-28(2)46-52(80)59-22-42(73)60-36-27-86(83)54-32(31-12-13-39(84-4)33(48(31)65-54)26-85-18-10-8-16-57-41(72)11-7-6-9-17-66-44(75)14-15-45(66)76)20-34(49(77)58-23-43(74)63-46)61-53(81)47(29(3)38(70)25-68)64-51(79)37-19-30(69)24-67(37)55(82)35(21-40(56)71)62-50(36)78/h12-15,28-30,34-38,46-47,65,68-70H,5-11,16-27H2,1-4H3,(H2,56,71)(H,57,72)(H,58,77)(H,59,80)(H,60,73)(H,61,81)(H,62,78)(H,63,74)(H,64,79)/t28-,29-,30+,34-,35-,36-,37-,38-,46-,47-,86?/m0/s1. The fourth-order valence-corrected chi connectivity index (χ4v) is 12.8. The van der Waals surface area contributed by atoms with E-state index in [1.54, 1.807) is 26.0 Å². The van der Waals surface area contributed by atoms with Crippen molar-refractivity contribution < 1.29 is 82.1 Å². The largest absolute Gasteiger partial charge is 0.610 e. The van der Waals surface area contributed by atoms with E-state index in [1.165, 1.54) is 37.9 Å². The van der Waals surface area contributed by atoms with E-state index in [1.807, 2.05) is 0 Å². The van der Waals surface area contributed by atoms with Crippen LogP contribution in [0.4, 0.5) is 0 Å². The highest BCUT2D eigenvalue weighted by Crippen LogP contribution is 2.37. The monoisotopic (exact) mass is 1240 g/mol. The third-order valence-electron chi connectivity index (χ3n) is 15.5. The first-order valence-electron chi connectivity index (χ1n) is 28.5. The van der Waals surface area contributed by atoms with Crippen molar-refractivity contribution in [3.63, 3.8) is 0 Å². The maximum Gasteiger partial charge on any atom is 0.253 e. The summed E-state index contributed by atoms with van der Waals surface area (Å²) in [5.74, 6) is -11.6. The van der Waals surface area contributed by atoms with Crippen LogP contribution in [0.1, 0.15) is 89.7 Å². The molecule has 0 radical (unpaired) electrons. The fourth-order valence-electron chi connectivity index (χ4n) is 10.4. The van der Waals surface area contributed by atoms with Crippen molar-refractivity contribution in [1.29, 1.82) is 0 Å². The summed E-state index contributed by atoms with van der Waals surface area (Å²) in [5, 5.41) is 52.5. The molecule has 1 unspecified atom stereocenters. The average molecular weight is 1240 g/mol. The number of benzene rings is 1. The zero-order valence-corrected chi connectivity index (χ0v) is 50.0. The normalized spacial score (nSPS) is 25.0. The van der Waals surface area contributed by atoms with E-state index in [-0.39, 0.29) is 47.0 Å². The quantitative estimate of drug-likeness (QED) is 0.0322. The van der Waals surface area contributed by atoms with Gasteiger partial charge in [0.25, 0.3) is 11.8 Å². The van der Waals surface area contributed by atoms with Crippen LogP contribution in [-0.4, -0.2) is 212 Å². The number of carbonyl (C=O) groups is 12. The Balaban J connectivity index is 1.38. The molecular weight excluding hydrogens is 1160 g/mol. The molecule has 472 valence electrons. The number of hydrogen-bond donors (Lipinski definition) is 13. The lowest BCUT2D eigenvalue weighted by Gasteiger charge is -2.32. The van der Waals surface area contributed by atoms with Crippen molar-refractivity contribution in [2.75, 3.05) is 57.9 Å². The minimum atomic E-state index is -2.44. The van der Waals surface area contributed by atoms with Crippen molar-refractivity contribution in [2.45, 2.75) is 144 Å². The van der Waals surface area contributed by atoms with Crippen LogP contribution in [0.2, 0.25) is 0 Å². The van der Waals surface area contributed by atoms with Gasteiger partial charge >= 0.3 is 0 Å². The minimum Gasteiger partial charge on any atom is -0.610 e. The van der Waals surface area contributed by atoms with E-state index in [4.69, 9.17) is 10.5 Å². The molecule has 5 heterocycles. The predicted octanol–water partition coefficient (Wildman–Crippen LogP) is -4.00. The van der Waals surface area contributed by atoms with Gasteiger partial charge in [-0.05, 0) is 49.5 Å². The second kappa shape index (κ2) is 31.9. The van der Waals surface area contributed by atoms with Crippen LogP contribution in [0, 0.1) is 11.8 Å². The lowest BCUT2D eigenvalue weighted by Crippen LogP contribution is -2.62. The van der Waals surface area contributed by atoms with Gasteiger partial charge in [0.05, 0.1) is 51.0 Å². The molecule has 0 aliphatic carbocycles. The molecule has 0 saturated carbocycles. The summed E-state index contributed by atoms with van der Waals surface area (Å²) in [6.07, 6.45) is 1.25. The van der Waals surface area contributed by atoms with Gasteiger partial charge in [0.2, 0.25) is 64.1 Å². The van der Waals surface area contributed by atoms with Crippen LogP contribution in [0.25, 0.3) is 10.9 Å². The number of methoxy groups -OCH3 is 1. The Hall–Kier alpha value is -7.32. The number of unbranched alkanes of at least 4 members (excludes halogenated alkanes) is 3. The number of imide groups is 1. The third-order valence-corrected chi connectivity index (χ3v) is 18.0. The second-order valence-electron chi connectivity index (χ2n) is 21.7. The van der Waals surface area contributed by atoms with Gasteiger partial charge in [-0.3, -0.25) is 62.4 Å². The number of thioether (sulfide) groups is 1. The Morgan fingerprint density at radius 2 is 1.55 bits per heavy atom. The second-order valence-corrected chi connectivity index (χ2v) is 24.2. The highest BCUT2D eigenvalue weighted by Gasteiger charge is 2.45. The Kier molecular flexibility index (Phi) is 25.1. The van der Waals surface area contributed by atoms with Crippen LogP contribution in [0.5, 0.6) is 5.75 Å². The van der Waals surface area contributed by atoms with Gasteiger partial charge in [-0.1, -0.05) is 33.6 Å². The summed E-state index contributed by atoms with van der Waals surface area (Å²) < 4.78 is 21.1. The summed E-state index contributed by atoms with van der Waals surface area (Å²) in [4.78, 5) is 168. The smallest absolute Gasteiger partial charge is 0.253 e. The number of primary amides is 1. The zero-order valence-electron chi connectivity index (χ0n) is 48.4. The van der Waals surface area contributed by atoms with E-state index >= 15 is 4.55 Å². The van der Waals surface area contributed by atoms with E-state index in [9.17, 15) is 72.9 Å². The topological polar surface area (TPSA) is 442 Å². The molecule has 0 spiro atoms. The number of carbonyl (C=O) groups excluding carboxylic acids is 12. The molecule has 11 atom stereocenters. The molecule has 14 N–H and O–H groups in total. The van der Waals surface area contributed by atoms with Crippen molar-refractivity contribution in [3.8, 4) is 5.75 Å². The molecule has 1 fully saturated rings. The van der Waals surface area contributed by atoms with Gasteiger partial charge in [0.1, 0.15) is 41.7 Å². The number of H-pyrrole nitrogens is 1. The maximum atomic E-state index is 15.3. The van der Waals surface area contributed by atoms with Crippen LogP contribution in [-0.2, 0) is 80.9 Å². The van der Waals surface area contributed by atoms with Crippen LogP contribution in [0.3, 0.4) is 0 Å².